The van der Waals surface area contributed by atoms with Gasteiger partial charge in [-0.05, 0) is 0 Å². The maximum atomic E-state index is 12.9. The van der Waals surface area contributed by atoms with Crippen LogP contribution in [0.5, 0.6) is 0 Å². The number of aromatic nitrogens is 4. The molecule has 28 heavy (non-hydrogen) atoms. The lowest BCUT2D eigenvalue weighted by Gasteiger charge is -2.12. The summed E-state index contributed by atoms with van der Waals surface area (Å²) in [5.74, 6) is -0.578. The minimum atomic E-state index is -0.322. The van der Waals surface area contributed by atoms with Crippen LogP contribution in [0.3, 0.4) is 0 Å². The number of rotatable bonds is 3. The summed E-state index contributed by atoms with van der Waals surface area (Å²) < 4.78 is 7.19. The third-order valence-corrected chi connectivity index (χ3v) is 4.67. The summed E-state index contributed by atoms with van der Waals surface area (Å²) in [5, 5.41) is 4.02. The van der Waals surface area contributed by atoms with Crippen LogP contribution in [0, 0.1) is 0 Å². The Morgan fingerprint density at radius 2 is 1.68 bits per heavy atom. The summed E-state index contributed by atoms with van der Waals surface area (Å²) in [4.78, 5) is 33.9. The Hall–Kier alpha value is -4.00. The van der Waals surface area contributed by atoms with E-state index >= 15 is 0 Å². The number of pyridine rings is 1. The van der Waals surface area contributed by atoms with Gasteiger partial charge in [-0.2, -0.15) is 4.57 Å². The second-order valence-electron chi connectivity index (χ2n) is 6.40. The molecule has 0 aliphatic heterocycles. The molecule has 5 rings (SSSR count). The number of nitrogens with zero attached hydrogens (tertiary/aromatic N) is 4. The van der Waals surface area contributed by atoms with Gasteiger partial charge in [-0.25, -0.2) is 0 Å². The summed E-state index contributed by atoms with van der Waals surface area (Å²) in [6.07, 6.45) is 8.69. The molecule has 0 spiro atoms. The molecule has 0 fully saturated rings. The lowest BCUT2D eigenvalue weighted by molar-refractivity contribution is -0.688. The van der Waals surface area contributed by atoms with Gasteiger partial charge >= 0.3 is 0 Å². The number of hydrogen-bond acceptors (Lipinski definition) is 6. The summed E-state index contributed by atoms with van der Waals surface area (Å²) >= 11 is 0. The minimum Gasteiger partial charge on any atom is -0.351 e. The molecule has 0 radical (unpaired) electrons. The number of fused-ring (bicyclic) bond motifs is 2. The molecule has 0 atom stereocenters. The molecule has 0 unspecified atom stereocenters. The van der Waals surface area contributed by atoms with Crippen molar-refractivity contribution in [1.29, 1.82) is 0 Å². The molecule has 0 amide bonds. The SMILES string of the molecule is O=C1c2ccccc2C(=O)c2c(-c3cc[n+](Cc4cnccn4)cc3)noc21. The van der Waals surface area contributed by atoms with Crippen LogP contribution in [0.25, 0.3) is 11.3 Å². The second-order valence-corrected chi connectivity index (χ2v) is 6.40. The van der Waals surface area contributed by atoms with Crippen LogP contribution in [0.1, 0.15) is 37.7 Å². The molecule has 0 saturated carbocycles. The van der Waals surface area contributed by atoms with Crippen molar-refractivity contribution in [2.75, 3.05) is 0 Å². The number of benzene rings is 1. The summed E-state index contributed by atoms with van der Waals surface area (Å²) in [6.45, 7) is 0.565. The molecular weight excluding hydrogens is 356 g/mol. The topological polar surface area (TPSA) is 89.8 Å². The molecule has 7 nitrogen and oxygen atoms in total. The van der Waals surface area contributed by atoms with Crippen molar-refractivity contribution < 1.29 is 18.7 Å². The number of ketones is 2. The van der Waals surface area contributed by atoms with Gasteiger partial charge in [0.25, 0.3) is 0 Å². The van der Waals surface area contributed by atoms with Gasteiger partial charge in [0.15, 0.2) is 24.7 Å². The highest BCUT2D eigenvalue weighted by Gasteiger charge is 2.36. The zero-order chi connectivity index (χ0) is 19.1. The normalized spacial score (nSPS) is 12.6. The van der Waals surface area contributed by atoms with Crippen LogP contribution in [0.4, 0.5) is 0 Å². The predicted octanol–water partition coefficient (Wildman–Crippen LogP) is 2.24. The van der Waals surface area contributed by atoms with E-state index in [0.29, 0.717) is 28.9 Å². The fourth-order valence-electron chi connectivity index (χ4n) is 3.31. The van der Waals surface area contributed by atoms with Crippen molar-refractivity contribution in [2.24, 2.45) is 0 Å². The first-order valence-corrected chi connectivity index (χ1v) is 8.65. The first-order valence-electron chi connectivity index (χ1n) is 8.65. The second kappa shape index (κ2) is 6.31. The third-order valence-electron chi connectivity index (χ3n) is 4.67. The summed E-state index contributed by atoms with van der Waals surface area (Å²) in [7, 11) is 0. The molecule has 7 heteroatoms. The highest BCUT2D eigenvalue weighted by atomic mass is 16.5. The van der Waals surface area contributed by atoms with Crippen molar-refractivity contribution in [3.05, 3.63) is 95.5 Å². The Bertz CT molecular complexity index is 1210. The van der Waals surface area contributed by atoms with Crippen LogP contribution in [-0.4, -0.2) is 26.7 Å². The van der Waals surface area contributed by atoms with E-state index < -0.39 is 0 Å². The van der Waals surface area contributed by atoms with Gasteiger partial charge in [0.2, 0.25) is 11.5 Å². The molecule has 3 heterocycles. The first kappa shape index (κ1) is 16.2. The average molecular weight is 369 g/mol. The smallest absolute Gasteiger partial charge is 0.232 e. The molecule has 1 aliphatic rings. The van der Waals surface area contributed by atoms with E-state index in [4.69, 9.17) is 4.52 Å². The molecule has 4 aromatic rings. The van der Waals surface area contributed by atoms with E-state index in [9.17, 15) is 9.59 Å². The van der Waals surface area contributed by atoms with Gasteiger partial charge in [0.05, 0.1) is 6.20 Å². The summed E-state index contributed by atoms with van der Waals surface area (Å²) in [6, 6.07) is 10.4. The molecule has 1 aromatic carbocycles. The third kappa shape index (κ3) is 2.52. The molecule has 1 aliphatic carbocycles. The Morgan fingerprint density at radius 1 is 0.929 bits per heavy atom. The van der Waals surface area contributed by atoms with Gasteiger partial charge in [-0.15, -0.1) is 0 Å². The van der Waals surface area contributed by atoms with E-state index in [1.807, 2.05) is 29.1 Å². The maximum absolute atomic E-state index is 12.9. The maximum Gasteiger partial charge on any atom is 0.232 e. The van der Waals surface area contributed by atoms with Crippen molar-refractivity contribution in [1.82, 2.24) is 15.1 Å². The predicted molar refractivity (Wildman–Crippen MR) is 96.6 cm³/mol. The van der Waals surface area contributed by atoms with Crippen molar-refractivity contribution in [2.45, 2.75) is 6.54 Å². The Labute approximate surface area is 159 Å². The number of hydrogen-bond donors (Lipinski definition) is 0. The van der Waals surface area contributed by atoms with Crippen molar-refractivity contribution in [3.63, 3.8) is 0 Å². The first-order chi connectivity index (χ1) is 13.7. The Kier molecular flexibility index (Phi) is 3.65. The number of carbonyl (C=O) groups is 2. The van der Waals surface area contributed by atoms with Gasteiger partial charge in [-0.3, -0.25) is 19.6 Å². The average Bonchev–Trinajstić information content (AvgIpc) is 3.19. The van der Waals surface area contributed by atoms with E-state index in [0.717, 1.165) is 5.69 Å². The van der Waals surface area contributed by atoms with Gasteiger partial charge in [0.1, 0.15) is 17.0 Å². The minimum absolute atomic E-state index is 0.00464. The standard InChI is InChI=1S/C21H13N4O3/c26-19-15-3-1-2-4-16(15)20(27)21-17(19)18(24-28-21)13-5-9-25(10-6-13)12-14-11-22-7-8-23-14/h1-11H,12H2/q+1. The van der Waals surface area contributed by atoms with Crippen molar-refractivity contribution >= 4 is 11.6 Å². The quantitative estimate of drug-likeness (QED) is 0.453. The lowest BCUT2D eigenvalue weighted by atomic mass is 9.86. The van der Waals surface area contributed by atoms with Crippen LogP contribution in [0.15, 0.2) is 71.9 Å². The Balaban J connectivity index is 1.51. The molecule has 0 saturated heterocycles. The Morgan fingerprint density at radius 3 is 2.39 bits per heavy atom. The number of carbonyl (C=O) groups excluding carboxylic acids is 2. The van der Waals surface area contributed by atoms with Gasteiger partial charge in [0, 0.05) is 41.2 Å². The fraction of sp³-hybridized carbons (Fsp3) is 0.0476. The monoisotopic (exact) mass is 369 g/mol. The van der Waals surface area contributed by atoms with Crippen molar-refractivity contribution in [3.8, 4) is 11.3 Å². The van der Waals surface area contributed by atoms with E-state index in [-0.39, 0.29) is 22.9 Å². The zero-order valence-electron chi connectivity index (χ0n) is 14.6. The molecule has 134 valence electrons. The van der Waals surface area contributed by atoms with Gasteiger partial charge < -0.3 is 4.52 Å². The van der Waals surface area contributed by atoms with E-state index in [1.54, 1.807) is 42.9 Å². The van der Waals surface area contributed by atoms with Crippen LogP contribution < -0.4 is 4.57 Å². The van der Waals surface area contributed by atoms with Gasteiger partial charge in [-0.1, -0.05) is 29.4 Å². The van der Waals surface area contributed by atoms with Crippen LogP contribution >= 0.6 is 0 Å². The summed E-state index contributed by atoms with van der Waals surface area (Å²) in [5.41, 5.74) is 2.83. The molecule has 0 N–H and O–H groups in total. The molecule has 0 bridgehead atoms. The van der Waals surface area contributed by atoms with Crippen LogP contribution in [0.2, 0.25) is 0 Å². The largest absolute Gasteiger partial charge is 0.351 e. The molecule has 3 aromatic heterocycles. The zero-order valence-corrected chi connectivity index (χ0v) is 14.6. The highest BCUT2D eigenvalue weighted by molar-refractivity contribution is 6.29. The molecular formula is C21H13N4O3+. The van der Waals surface area contributed by atoms with Crippen LogP contribution in [-0.2, 0) is 6.54 Å². The fourth-order valence-corrected chi connectivity index (χ4v) is 3.31. The van der Waals surface area contributed by atoms with E-state index in [1.165, 1.54) is 0 Å². The van der Waals surface area contributed by atoms with E-state index in [2.05, 4.69) is 15.1 Å². The lowest BCUT2D eigenvalue weighted by Crippen LogP contribution is -2.33. The highest BCUT2D eigenvalue weighted by Crippen LogP contribution is 2.33.